The summed E-state index contributed by atoms with van der Waals surface area (Å²) in [4.78, 5) is 0. The number of hydrogen-bond donors (Lipinski definition) is 2. The highest BCUT2D eigenvalue weighted by Crippen LogP contribution is 2.25. The monoisotopic (exact) mass is 552 g/mol. The Morgan fingerprint density at radius 1 is 0.375 bits per heavy atom. The number of aryl methyl sites for hydroxylation is 2. The number of rotatable bonds is 23. The van der Waals surface area contributed by atoms with E-state index >= 15 is 0 Å². The molecule has 0 saturated heterocycles. The molecule has 0 spiro atoms. The van der Waals surface area contributed by atoms with E-state index in [9.17, 15) is 10.2 Å². The first-order valence-electron chi connectivity index (χ1n) is 17.2. The average molecular weight is 553 g/mol. The topological polar surface area (TPSA) is 40.5 Å². The van der Waals surface area contributed by atoms with E-state index in [4.69, 9.17) is 0 Å². The Kier molecular flexibility index (Phi) is 23.4. The lowest BCUT2D eigenvalue weighted by molar-refractivity contribution is 0.464. The molecular formula is C38H64O2. The van der Waals surface area contributed by atoms with Crippen LogP contribution in [0.1, 0.15) is 166 Å². The number of phenolic OH excluding ortho intramolecular Hbond substituents is 2. The number of aromatic hydroxyl groups is 2. The van der Waals surface area contributed by atoms with Crippen molar-refractivity contribution in [3.05, 3.63) is 59.2 Å². The van der Waals surface area contributed by atoms with E-state index < -0.39 is 0 Å². The lowest BCUT2D eigenvalue weighted by atomic mass is 9.95. The fraction of sp³-hybridized carbons (Fsp3) is 0.684. The Bertz CT molecular complexity index is 828. The van der Waals surface area contributed by atoms with Gasteiger partial charge in [0.2, 0.25) is 0 Å². The molecule has 0 radical (unpaired) electrons. The molecule has 2 rings (SSSR count). The molecular weight excluding hydrogens is 488 g/mol. The van der Waals surface area contributed by atoms with Gasteiger partial charge in [-0.15, -0.1) is 0 Å². The van der Waals surface area contributed by atoms with Gasteiger partial charge in [0, 0.05) is 0 Å². The quantitative estimate of drug-likeness (QED) is 0.135. The van der Waals surface area contributed by atoms with E-state index in [1.807, 2.05) is 30.3 Å². The summed E-state index contributed by atoms with van der Waals surface area (Å²) in [6.45, 7) is 6.78. The Morgan fingerprint density at radius 3 is 1.25 bits per heavy atom. The number of phenols is 2. The van der Waals surface area contributed by atoms with Crippen LogP contribution in [0.3, 0.4) is 0 Å². The van der Waals surface area contributed by atoms with Crippen molar-refractivity contribution in [2.24, 2.45) is 0 Å². The molecule has 0 amide bonds. The molecule has 0 fully saturated rings. The Balaban J connectivity index is 0.000000453. The third-order valence-corrected chi connectivity index (χ3v) is 8.12. The average Bonchev–Trinajstić information content (AvgIpc) is 2.96. The van der Waals surface area contributed by atoms with E-state index in [1.54, 1.807) is 6.07 Å². The molecule has 0 atom stereocenters. The Hall–Kier alpha value is -1.96. The van der Waals surface area contributed by atoms with Gasteiger partial charge in [-0.3, -0.25) is 0 Å². The molecule has 0 aliphatic heterocycles. The summed E-state index contributed by atoms with van der Waals surface area (Å²) in [7, 11) is 0. The summed E-state index contributed by atoms with van der Waals surface area (Å²) in [6, 6.07) is 13.8. The molecule has 40 heavy (non-hydrogen) atoms. The van der Waals surface area contributed by atoms with E-state index in [0.29, 0.717) is 11.5 Å². The minimum Gasteiger partial charge on any atom is -0.508 e. The van der Waals surface area contributed by atoms with Crippen molar-refractivity contribution >= 4 is 0 Å². The number of benzene rings is 2. The van der Waals surface area contributed by atoms with E-state index in [-0.39, 0.29) is 0 Å². The molecule has 2 aromatic carbocycles. The molecule has 0 aliphatic rings. The lowest BCUT2D eigenvalue weighted by Gasteiger charge is -2.12. The molecule has 2 heteroatoms. The van der Waals surface area contributed by atoms with Crippen LogP contribution in [0, 0.1) is 0 Å². The van der Waals surface area contributed by atoms with Crippen molar-refractivity contribution in [1.29, 1.82) is 0 Å². The molecule has 2 aromatic rings. The first-order chi connectivity index (χ1) is 19.6. The SMILES string of the molecule is CCCCCCCCCc1cccc(O)c1CCCCCCCCC.CCCCCCCCc1ccccc1O. The molecule has 0 bridgehead atoms. The van der Waals surface area contributed by atoms with Crippen LogP contribution in [0.4, 0.5) is 0 Å². The first kappa shape index (κ1) is 36.1. The second-order valence-corrected chi connectivity index (χ2v) is 11.8. The molecule has 228 valence electrons. The Morgan fingerprint density at radius 2 is 0.750 bits per heavy atom. The number of hydrogen-bond acceptors (Lipinski definition) is 2. The molecule has 0 saturated carbocycles. The number of para-hydroxylation sites is 1. The largest absolute Gasteiger partial charge is 0.508 e. The normalized spacial score (nSPS) is 10.9. The maximum absolute atomic E-state index is 10.3. The molecule has 2 N–H and O–H groups in total. The maximum atomic E-state index is 10.3. The van der Waals surface area contributed by atoms with Gasteiger partial charge in [0.1, 0.15) is 11.5 Å². The van der Waals surface area contributed by atoms with Crippen LogP contribution in [-0.4, -0.2) is 10.2 Å². The van der Waals surface area contributed by atoms with Gasteiger partial charge in [-0.2, -0.15) is 0 Å². The van der Waals surface area contributed by atoms with Gasteiger partial charge in [0.15, 0.2) is 0 Å². The predicted octanol–water partition coefficient (Wildman–Crippen LogP) is 12.3. The van der Waals surface area contributed by atoms with Crippen LogP contribution in [0.25, 0.3) is 0 Å². The van der Waals surface area contributed by atoms with Crippen LogP contribution >= 0.6 is 0 Å². The predicted molar refractivity (Wildman–Crippen MR) is 177 cm³/mol. The van der Waals surface area contributed by atoms with Crippen molar-refractivity contribution < 1.29 is 10.2 Å². The zero-order chi connectivity index (χ0) is 29.1. The highest BCUT2D eigenvalue weighted by Gasteiger charge is 2.07. The fourth-order valence-electron chi connectivity index (χ4n) is 5.49. The van der Waals surface area contributed by atoms with Gasteiger partial charge in [0.25, 0.3) is 0 Å². The van der Waals surface area contributed by atoms with Gasteiger partial charge < -0.3 is 10.2 Å². The third-order valence-electron chi connectivity index (χ3n) is 8.12. The summed E-state index contributed by atoms with van der Waals surface area (Å²) in [5, 5.41) is 19.8. The third kappa shape index (κ3) is 18.4. The van der Waals surface area contributed by atoms with Crippen LogP contribution in [0.15, 0.2) is 42.5 Å². The standard InChI is InChI=1S/C24H42O.C14H22O/c1-3-5-7-9-11-13-15-18-22-19-17-21-24(25)23(22)20-16-14-12-10-8-6-4-2;1-2-3-4-5-6-7-10-13-11-8-9-12-14(13)15/h17,19,21,25H,3-16,18,20H2,1-2H3;8-9,11-12,15H,2-7,10H2,1H3. The van der Waals surface area contributed by atoms with Crippen molar-refractivity contribution in [2.75, 3.05) is 0 Å². The minimum atomic E-state index is 0.450. The summed E-state index contributed by atoms with van der Waals surface area (Å²) >= 11 is 0. The lowest BCUT2D eigenvalue weighted by Crippen LogP contribution is -1.96. The van der Waals surface area contributed by atoms with Crippen molar-refractivity contribution in [1.82, 2.24) is 0 Å². The van der Waals surface area contributed by atoms with Crippen molar-refractivity contribution in [3.63, 3.8) is 0 Å². The summed E-state index contributed by atoms with van der Waals surface area (Å²) < 4.78 is 0. The van der Waals surface area contributed by atoms with Gasteiger partial charge in [-0.05, 0) is 67.3 Å². The van der Waals surface area contributed by atoms with Crippen LogP contribution in [0.5, 0.6) is 11.5 Å². The van der Waals surface area contributed by atoms with Crippen molar-refractivity contribution in [3.8, 4) is 11.5 Å². The van der Waals surface area contributed by atoms with Gasteiger partial charge in [-0.25, -0.2) is 0 Å². The highest BCUT2D eigenvalue weighted by molar-refractivity contribution is 5.39. The summed E-state index contributed by atoms with van der Waals surface area (Å²) in [5.74, 6) is 0.970. The smallest absolute Gasteiger partial charge is 0.119 e. The first-order valence-corrected chi connectivity index (χ1v) is 17.2. The van der Waals surface area contributed by atoms with E-state index in [1.165, 1.54) is 140 Å². The molecule has 2 nitrogen and oxygen atoms in total. The summed E-state index contributed by atoms with van der Waals surface area (Å²) in [6.07, 6.45) is 29.8. The van der Waals surface area contributed by atoms with Gasteiger partial charge >= 0.3 is 0 Å². The molecule has 0 heterocycles. The second-order valence-electron chi connectivity index (χ2n) is 11.8. The van der Waals surface area contributed by atoms with Crippen LogP contribution in [0.2, 0.25) is 0 Å². The highest BCUT2D eigenvalue weighted by atomic mass is 16.3. The zero-order valence-electron chi connectivity index (χ0n) is 26.7. The molecule has 0 aliphatic carbocycles. The molecule has 0 aromatic heterocycles. The minimum absolute atomic E-state index is 0.450. The fourth-order valence-corrected chi connectivity index (χ4v) is 5.49. The van der Waals surface area contributed by atoms with E-state index in [0.717, 1.165) is 24.8 Å². The maximum Gasteiger partial charge on any atom is 0.119 e. The molecule has 0 unspecified atom stereocenters. The van der Waals surface area contributed by atoms with Crippen molar-refractivity contribution in [2.45, 2.75) is 168 Å². The van der Waals surface area contributed by atoms with Gasteiger partial charge in [0.05, 0.1) is 0 Å². The van der Waals surface area contributed by atoms with Crippen LogP contribution < -0.4 is 0 Å². The zero-order valence-corrected chi connectivity index (χ0v) is 26.7. The summed E-state index contributed by atoms with van der Waals surface area (Å²) in [5.41, 5.74) is 3.70. The van der Waals surface area contributed by atoms with Crippen LogP contribution in [-0.2, 0) is 19.3 Å². The number of unbranched alkanes of at least 4 members (excludes halogenated alkanes) is 17. The second kappa shape index (κ2) is 26.0. The van der Waals surface area contributed by atoms with Gasteiger partial charge in [-0.1, -0.05) is 160 Å². The Labute approximate surface area is 249 Å². The van der Waals surface area contributed by atoms with E-state index in [2.05, 4.69) is 26.8 Å².